The van der Waals surface area contributed by atoms with E-state index in [9.17, 15) is 13.2 Å². The lowest BCUT2D eigenvalue weighted by atomic mass is 10.1. The number of carbonyl (C=O) groups excluding carboxylic acids is 1. The van der Waals surface area contributed by atoms with Crippen LogP contribution in [0, 0.1) is 0 Å². The Morgan fingerprint density at radius 2 is 1.93 bits per heavy atom. The highest BCUT2D eigenvalue weighted by Crippen LogP contribution is 2.28. The Labute approximate surface area is 179 Å². The number of nitrogens with zero attached hydrogens (tertiary/aromatic N) is 1. The summed E-state index contributed by atoms with van der Waals surface area (Å²) >= 11 is 3.44. The summed E-state index contributed by atoms with van der Waals surface area (Å²) in [4.78, 5) is 12.8. The SMILES string of the molecule is COc1ccc(C(C)NC(=O)c2cccc(S(=O)(=O)N3CCOCC3)c2)cc1Br. The summed E-state index contributed by atoms with van der Waals surface area (Å²) in [5.74, 6) is 0.358. The van der Waals surface area contributed by atoms with Crippen molar-refractivity contribution < 1.29 is 22.7 Å². The molecule has 1 N–H and O–H groups in total. The Kier molecular flexibility index (Phi) is 6.94. The summed E-state index contributed by atoms with van der Waals surface area (Å²) in [5, 5.41) is 2.91. The molecule has 2 aromatic rings. The molecule has 1 atom stereocenters. The number of rotatable bonds is 6. The average molecular weight is 483 g/mol. The maximum atomic E-state index is 12.8. The van der Waals surface area contributed by atoms with Gasteiger partial charge in [0, 0.05) is 18.7 Å². The van der Waals surface area contributed by atoms with Crippen LogP contribution in [-0.4, -0.2) is 52.0 Å². The molecule has 0 saturated carbocycles. The van der Waals surface area contributed by atoms with Gasteiger partial charge in [-0.1, -0.05) is 12.1 Å². The standard InChI is InChI=1S/C20H23BrN2O5S/c1-14(15-6-7-19(27-2)18(21)13-15)22-20(24)16-4-3-5-17(12-16)29(25,26)23-8-10-28-11-9-23/h3-7,12-14H,8-11H2,1-2H3,(H,22,24). The molecule has 7 nitrogen and oxygen atoms in total. The number of nitrogens with one attached hydrogen (secondary N) is 1. The highest BCUT2D eigenvalue weighted by molar-refractivity contribution is 9.10. The zero-order valence-electron chi connectivity index (χ0n) is 16.2. The Bertz CT molecular complexity index is 990. The van der Waals surface area contributed by atoms with E-state index in [1.54, 1.807) is 19.2 Å². The van der Waals surface area contributed by atoms with Gasteiger partial charge in [0.25, 0.3) is 5.91 Å². The first kappa shape index (κ1) is 21.8. The predicted octanol–water partition coefficient (Wildman–Crippen LogP) is 2.97. The van der Waals surface area contributed by atoms with Gasteiger partial charge in [-0.3, -0.25) is 4.79 Å². The van der Waals surface area contributed by atoms with Crippen molar-refractivity contribution in [2.24, 2.45) is 0 Å². The summed E-state index contributed by atoms with van der Waals surface area (Å²) in [6, 6.07) is 11.4. The van der Waals surface area contributed by atoms with Crippen molar-refractivity contribution in [3.8, 4) is 5.75 Å². The Morgan fingerprint density at radius 1 is 1.21 bits per heavy atom. The van der Waals surface area contributed by atoms with Gasteiger partial charge in [0.1, 0.15) is 5.75 Å². The van der Waals surface area contributed by atoms with Crippen molar-refractivity contribution in [1.29, 1.82) is 0 Å². The number of halogens is 1. The third-order valence-electron chi connectivity index (χ3n) is 4.73. The van der Waals surface area contributed by atoms with E-state index in [-0.39, 0.29) is 16.8 Å². The third kappa shape index (κ3) is 4.98. The van der Waals surface area contributed by atoms with E-state index in [4.69, 9.17) is 9.47 Å². The zero-order valence-corrected chi connectivity index (χ0v) is 18.6. The molecule has 9 heteroatoms. The lowest BCUT2D eigenvalue weighted by Crippen LogP contribution is -2.40. The minimum absolute atomic E-state index is 0.104. The van der Waals surface area contributed by atoms with Gasteiger partial charge in [0.2, 0.25) is 10.0 Å². The molecular weight excluding hydrogens is 460 g/mol. The third-order valence-corrected chi connectivity index (χ3v) is 7.24. The van der Waals surface area contributed by atoms with Crippen molar-refractivity contribution in [2.45, 2.75) is 17.9 Å². The van der Waals surface area contributed by atoms with E-state index in [1.807, 2.05) is 25.1 Å². The second kappa shape index (κ2) is 9.25. The van der Waals surface area contributed by atoms with Crippen LogP contribution in [0.15, 0.2) is 51.8 Å². The monoisotopic (exact) mass is 482 g/mol. The maximum Gasteiger partial charge on any atom is 0.251 e. The fourth-order valence-electron chi connectivity index (χ4n) is 3.05. The molecule has 1 aliphatic rings. The van der Waals surface area contributed by atoms with Crippen LogP contribution in [0.2, 0.25) is 0 Å². The largest absolute Gasteiger partial charge is 0.496 e. The van der Waals surface area contributed by atoms with Crippen molar-refractivity contribution in [1.82, 2.24) is 9.62 Å². The van der Waals surface area contributed by atoms with Gasteiger partial charge in [-0.05, 0) is 58.7 Å². The molecule has 1 aliphatic heterocycles. The van der Waals surface area contributed by atoms with Crippen LogP contribution >= 0.6 is 15.9 Å². The molecule has 3 rings (SSSR count). The van der Waals surface area contributed by atoms with Gasteiger partial charge < -0.3 is 14.8 Å². The molecule has 1 unspecified atom stereocenters. The van der Waals surface area contributed by atoms with Crippen LogP contribution in [0.5, 0.6) is 5.75 Å². The Morgan fingerprint density at radius 3 is 2.59 bits per heavy atom. The van der Waals surface area contributed by atoms with Crippen LogP contribution in [0.4, 0.5) is 0 Å². The molecule has 0 aromatic heterocycles. The van der Waals surface area contributed by atoms with E-state index in [2.05, 4.69) is 21.2 Å². The fraction of sp³-hybridized carbons (Fsp3) is 0.350. The molecule has 156 valence electrons. The van der Waals surface area contributed by atoms with Crippen LogP contribution < -0.4 is 10.1 Å². The molecule has 0 radical (unpaired) electrons. The van der Waals surface area contributed by atoms with E-state index in [0.29, 0.717) is 37.6 Å². The maximum absolute atomic E-state index is 12.8. The van der Waals surface area contributed by atoms with Crippen LogP contribution in [-0.2, 0) is 14.8 Å². The fourth-order valence-corrected chi connectivity index (χ4v) is 5.06. The number of ether oxygens (including phenoxy) is 2. The number of morpholine rings is 1. The zero-order chi connectivity index (χ0) is 21.0. The number of methoxy groups -OCH3 is 1. The minimum atomic E-state index is -3.66. The topological polar surface area (TPSA) is 84.9 Å². The van der Waals surface area contributed by atoms with Gasteiger partial charge in [-0.2, -0.15) is 4.31 Å². The van der Waals surface area contributed by atoms with Gasteiger partial charge in [-0.25, -0.2) is 8.42 Å². The van der Waals surface area contributed by atoms with Gasteiger partial charge >= 0.3 is 0 Å². The number of sulfonamides is 1. The second-order valence-corrected chi connectivity index (χ2v) is 9.43. The van der Waals surface area contributed by atoms with Crippen molar-refractivity contribution in [2.75, 3.05) is 33.4 Å². The molecule has 1 fully saturated rings. The first-order chi connectivity index (χ1) is 13.8. The summed E-state index contributed by atoms with van der Waals surface area (Å²) in [6.07, 6.45) is 0. The van der Waals surface area contributed by atoms with Crippen molar-refractivity contribution >= 4 is 31.9 Å². The van der Waals surface area contributed by atoms with E-state index in [0.717, 1.165) is 10.0 Å². The molecule has 1 saturated heterocycles. The predicted molar refractivity (Wildman–Crippen MR) is 113 cm³/mol. The van der Waals surface area contributed by atoms with Crippen LogP contribution in [0.3, 0.4) is 0 Å². The average Bonchev–Trinajstić information content (AvgIpc) is 2.74. The second-order valence-electron chi connectivity index (χ2n) is 6.63. The molecule has 0 bridgehead atoms. The number of hydrogen-bond acceptors (Lipinski definition) is 5. The van der Waals surface area contributed by atoms with Crippen LogP contribution in [0.1, 0.15) is 28.9 Å². The molecule has 0 aliphatic carbocycles. The highest BCUT2D eigenvalue weighted by atomic mass is 79.9. The number of hydrogen-bond donors (Lipinski definition) is 1. The smallest absolute Gasteiger partial charge is 0.251 e. The molecule has 29 heavy (non-hydrogen) atoms. The Hall–Kier alpha value is -1.94. The first-order valence-corrected chi connectivity index (χ1v) is 11.4. The highest BCUT2D eigenvalue weighted by Gasteiger charge is 2.27. The van der Waals surface area contributed by atoms with Crippen molar-refractivity contribution in [3.63, 3.8) is 0 Å². The molecule has 0 spiro atoms. The number of amides is 1. The first-order valence-electron chi connectivity index (χ1n) is 9.15. The normalized spacial score (nSPS) is 16.2. The number of benzene rings is 2. The van der Waals surface area contributed by atoms with E-state index >= 15 is 0 Å². The summed E-state index contributed by atoms with van der Waals surface area (Å²) < 4.78 is 38.3. The number of carbonyl (C=O) groups is 1. The molecular formula is C20H23BrN2O5S. The van der Waals surface area contributed by atoms with Gasteiger partial charge in [0.05, 0.1) is 35.7 Å². The lowest BCUT2D eigenvalue weighted by Gasteiger charge is -2.26. The van der Waals surface area contributed by atoms with Crippen molar-refractivity contribution in [3.05, 3.63) is 58.1 Å². The summed E-state index contributed by atoms with van der Waals surface area (Å²) in [7, 11) is -2.07. The summed E-state index contributed by atoms with van der Waals surface area (Å²) in [6.45, 7) is 3.22. The molecule has 2 aromatic carbocycles. The molecule has 1 amide bonds. The van der Waals surface area contributed by atoms with E-state index < -0.39 is 10.0 Å². The van der Waals surface area contributed by atoms with Gasteiger partial charge in [0.15, 0.2) is 0 Å². The van der Waals surface area contributed by atoms with E-state index in [1.165, 1.54) is 16.4 Å². The Balaban J connectivity index is 1.76. The lowest BCUT2D eigenvalue weighted by molar-refractivity contribution is 0.0730. The minimum Gasteiger partial charge on any atom is -0.496 e. The summed E-state index contributed by atoms with van der Waals surface area (Å²) in [5.41, 5.74) is 1.18. The van der Waals surface area contributed by atoms with Gasteiger partial charge in [-0.15, -0.1) is 0 Å². The molecule has 1 heterocycles. The van der Waals surface area contributed by atoms with Crippen LogP contribution in [0.25, 0.3) is 0 Å². The quantitative estimate of drug-likeness (QED) is 0.683.